The van der Waals surface area contributed by atoms with Gasteiger partial charge in [0.2, 0.25) is 5.91 Å². The predicted molar refractivity (Wildman–Crippen MR) is 67.6 cm³/mol. The lowest BCUT2D eigenvalue weighted by Gasteiger charge is -2.26. The van der Waals surface area contributed by atoms with E-state index < -0.39 is 0 Å². The van der Waals surface area contributed by atoms with Crippen LogP contribution in [0.2, 0.25) is 0 Å². The zero-order valence-electron chi connectivity index (χ0n) is 10.6. The molecule has 1 aromatic rings. The van der Waals surface area contributed by atoms with Gasteiger partial charge in [-0.3, -0.25) is 9.89 Å². The molecule has 1 aromatic heterocycles. The monoisotopic (exact) mass is 251 g/mol. The molecule has 6 nitrogen and oxygen atoms in total. The molecule has 0 aliphatic heterocycles. The molecule has 100 valence electrons. The fraction of sp³-hybridized carbons (Fsp3) is 0.750. The van der Waals surface area contributed by atoms with Crippen LogP contribution in [0.5, 0.6) is 0 Å². The van der Waals surface area contributed by atoms with Crippen LogP contribution in [-0.2, 0) is 11.2 Å². The molecule has 0 aromatic carbocycles. The van der Waals surface area contributed by atoms with Crippen molar-refractivity contribution in [3.8, 4) is 0 Å². The van der Waals surface area contributed by atoms with Crippen LogP contribution in [0.3, 0.4) is 0 Å². The van der Waals surface area contributed by atoms with Crippen molar-refractivity contribution in [3.63, 3.8) is 0 Å². The van der Waals surface area contributed by atoms with Crippen LogP contribution in [0.1, 0.15) is 31.5 Å². The van der Waals surface area contributed by atoms with E-state index in [-0.39, 0.29) is 11.8 Å². The Morgan fingerprint density at radius 1 is 1.44 bits per heavy atom. The van der Waals surface area contributed by atoms with Crippen LogP contribution in [0.25, 0.3) is 0 Å². The third-order valence-corrected chi connectivity index (χ3v) is 3.68. The van der Waals surface area contributed by atoms with Gasteiger partial charge in [-0.2, -0.15) is 5.10 Å². The van der Waals surface area contributed by atoms with Crippen LogP contribution in [-0.4, -0.2) is 34.2 Å². The first-order valence-electron chi connectivity index (χ1n) is 6.61. The topological polar surface area (TPSA) is 96.7 Å². The first-order chi connectivity index (χ1) is 8.79. The summed E-state index contributed by atoms with van der Waals surface area (Å²) in [5, 5.41) is 9.51. The van der Waals surface area contributed by atoms with E-state index in [1.807, 2.05) is 0 Å². The van der Waals surface area contributed by atoms with Gasteiger partial charge in [-0.05, 0) is 38.1 Å². The third kappa shape index (κ3) is 3.53. The van der Waals surface area contributed by atoms with E-state index in [9.17, 15) is 4.79 Å². The predicted octanol–water partition coefficient (Wildman–Crippen LogP) is 0.228. The maximum atomic E-state index is 11.9. The van der Waals surface area contributed by atoms with Crippen molar-refractivity contribution in [2.75, 3.05) is 13.1 Å². The van der Waals surface area contributed by atoms with Crippen LogP contribution in [0.15, 0.2) is 6.33 Å². The molecule has 2 rings (SSSR count). The highest BCUT2D eigenvalue weighted by Gasteiger charge is 2.25. The fourth-order valence-electron chi connectivity index (χ4n) is 2.46. The summed E-state index contributed by atoms with van der Waals surface area (Å²) in [6.45, 7) is 1.37. The summed E-state index contributed by atoms with van der Waals surface area (Å²) >= 11 is 0. The Bertz CT molecular complexity index is 357. The smallest absolute Gasteiger partial charge is 0.223 e. The molecule has 0 radical (unpaired) electrons. The van der Waals surface area contributed by atoms with E-state index in [1.54, 1.807) is 0 Å². The number of carbonyl (C=O) groups excluding carboxylic acids is 1. The van der Waals surface area contributed by atoms with Gasteiger partial charge >= 0.3 is 0 Å². The van der Waals surface area contributed by atoms with Gasteiger partial charge < -0.3 is 11.1 Å². The average Bonchev–Trinajstić information content (AvgIpc) is 2.92. The number of aromatic amines is 1. The molecule has 18 heavy (non-hydrogen) atoms. The Morgan fingerprint density at radius 2 is 2.22 bits per heavy atom. The number of hydrogen-bond donors (Lipinski definition) is 3. The van der Waals surface area contributed by atoms with Crippen molar-refractivity contribution in [1.82, 2.24) is 20.5 Å². The van der Waals surface area contributed by atoms with Crippen molar-refractivity contribution in [2.24, 2.45) is 17.6 Å². The molecule has 1 fully saturated rings. The Balaban J connectivity index is 1.66. The highest BCUT2D eigenvalue weighted by Crippen LogP contribution is 2.27. The third-order valence-electron chi connectivity index (χ3n) is 3.68. The number of H-pyrrole nitrogens is 1. The van der Waals surface area contributed by atoms with E-state index >= 15 is 0 Å². The van der Waals surface area contributed by atoms with Crippen molar-refractivity contribution in [2.45, 2.75) is 32.1 Å². The molecule has 0 spiro atoms. The first-order valence-corrected chi connectivity index (χ1v) is 6.61. The molecule has 1 aliphatic rings. The van der Waals surface area contributed by atoms with Gasteiger partial charge in [-0.25, -0.2) is 4.98 Å². The second kappa shape index (κ2) is 6.49. The SMILES string of the molecule is NCC1CCC(C(=O)NCCc2ncn[nH]2)CC1. The van der Waals surface area contributed by atoms with E-state index in [4.69, 9.17) is 5.73 Å². The first kappa shape index (κ1) is 13.0. The number of nitrogens with zero attached hydrogens (tertiary/aromatic N) is 2. The van der Waals surface area contributed by atoms with Crippen LogP contribution in [0.4, 0.5) is 0 Å². The number of nitrogens with two attached hydrogens (primary N) is 1. The molecule has 1 saturated carbocycles. The summed E-state index contributed by atoms with van der Waals surface area (Å²) in [6.07, 6.45) is 6.27. The summed E-state index contributed by atoms with van der Waals surface area (Å²) in [4.78, 5) is 15.9. The Morgan fingerprint density at radius 3 is 2.83 bits per heavy atom. The van der Waals surface area contributed by atoms with Crippen LogP contribution < -0.4 is 11.1 Å². The largest absolute Gasteiger partial charge is 0.355 e. The van der Waals surface area contributed by atoms with Gasteiger partial charge in [0.15, 0.2) is 0 Å². The lowest BCUT2D eigenvalue weighted by molar-refractivity contribution is -0.126. The molecule has 4 N–H and O–H groups in total. The number of rotatable bonds is 5. The molecule has 6 heteroatoms. The van der Waals surface area contributed by atoms with Crippen molar-refractivity contribution in [3.05, 3.63) is 12.2 Å². The Kier molecular flexibility index (Phi) is 4.69. The average molecular weight is 251 g/mol. The number of aromatic nitrogens is 3. The minimum atomic E-state index is 0.169. The molecule has 0 atom stereocenters. The van der Waals surface area contributed by atoms with Gasteiger partial charge in [0.1, 0.15) is 12.2 Å². The van der Waals surface area contributed by atoms with Gasteiger partial charge in [0.25, 0.3) is 0 Å². The Labute approximate surface area is 107 Å². The normalized spacial score (nSPS) is 23.8. The number of amides is 1. The summed E-state index contributed by atoms with van der Waals surface area (Å²) in [5.74, 6) is 1.76. The van der Waals surface area contributed by atoms with E-state index in [1.165, 1.54) is 6.33 Å². The Hall–Kier alpha value is -1.43. The van der Waals surface area contributed by atoms with Crippen LogP contribution in [0, 0.1) is 11.8 Å². The fourth-order valence-corrected chi connectivity index (χ4v) is 2.46. The zero-order valence-corrected chi connectivity index (χ0v) is 10.6. The molecule has 1 aliphatic carbocycles. The van der Waals surface area contributed by atoms with Gasteiger partial charge in [0.05, 0.1) is 0 Å². The number of carbonyl (C=O) groups is 1. The van der Waals surface area contributed by atoms with Crippen molar-refractivity contribution < 1.29 is 4.79 Å². The van der Waals surface area contributed by atoms with E-state index in [2.05, 4.69) is 20.5 Å². The zero-order chi connectivity index (χ0) is 12.8. The second-order valence-corrected chi connectivity index (χ2v) is 4.93. The summed E-state index contributed by atoms with van der Waals surface area (Å²) in [7, 11) is 0. The number of nitrogens with one attached hydrogen (secondary N) is 2. The maximum absolute atomic E-state index is 11.9. The van der Waals surface area contributed by atoms with E-state index in [0.717, 1.165) is 38.1 Å². The quantitative estimate of drug-likeness (QED) is 0.698. The van der Waals surface area contributed by atoms with Crippen molar-refractivity contribution >= 4 is 5.91 Å². The summed E-state index contributed by atoms with van der Waals surface area (Å²) < 4.78 is 0. The van der Waals surface area contributed by atoms with Gasteiger partial charge in [-0.1, -0.05) is 0 Å². The second-order valence-electron chi connectivity index (χ2n) is 4.93. The molecular weight excluding hydrogens is 230 g/mol. The van der Waals surface area contributed by atoms with Crippen molar-refractivity contribution in [1.29, 1.82) is 0 Å². The van der Waals surface area contributed by atoms with Crippen LogP contribution >= 0.6 is 0 Å². The minimum absolute atomic E-state index is 0.169. The lowest BCUT2D eigenvalue weighted by atomic mass is 9.81. The highest BCUT2D eigenvalue weighted by molar-refractivity contribution is 5.78. The molecule has 0 bridgehead atoms. The molecule has 1 amide bonds. The van der Waals surface area contributed by atoms with Gasteiger partial charge in [-0.15, -0.1) is 0 Å². The molecule has 0 saturated heterocycles. The lowest BCUT2D eigenvalue weighted by Crippen LogP contribution is -2.35. The summed E-state index contributed by atoms with van der Waals surface area (Å²) in [5.41, 5.74) is 5.64. The number of hydrogen-bond acceptors (Lipinski definition) is 4. The summed E-state index contributed by atoms with van der Waals surface area (Å²) in [6, 6.07) is 0. The maximum Gasteiger partial charge on any atom is 0.223 e. The van der Waals surface area contributed by atoms with E-state index in [0.29, 0.717) is 18.9 Å². The standard InChI is InChI=1S/C12H21N5O/c13-7-9-1-3-10(4-2-9)12(18)14-6-5-11-15-8-16-17-11/h8-10H,1-7,13H2,(H,14,18)(H,15,16,17). The van der Waals surface area contributed by atoms with Gasteiger partial charge in [0, 0.05) is 18.9 Å². The molecule has 1 heterocycles. The molecule has 0 unspecified atom stereocenters. The minimum Gasteiger partial charge on any atom is -0.355 e. The highest BCUT2D eigenvalue weighted by atomic mass is 16.1. The molecular formula is C12H21N5O.